The molecular weight excluding hydrogens is 465 g/mol. The van der Waals surface area contributed by atoms with Gasteiger partial charge in [-0.1, -0.05) is 59.4 Å². The molecule has 2 saturated carbocycles. The van der Waals surface area contributed by atoms with Gasteiger partial charge in [0.15, 0.2) is 0 Å². The zero-order chi connectivity index (χ0) is 22.2. The van der Waals surface area contributed by atoms with Crippen LogP contribution >= 0.6 is 34.8 Å². The molecule has 0 saturated heterocycles. The van der Waals surface area contributed by atoms with Gasteiger partial charge in [0.25, 0.3) is 0 Å². The van der Waals surface area contributed by atoms with Crippen LogP contribution < -0.4 is 5.32 Å². The molecule has 3 unspecified atom stereocenters. The molecule has 2 bridgehead atoms. The number of nitrogens with zero attached hydrogens (tertiary/aromatic N) is 2. The summed E-state index contributed by atoms with van der Waals surface area (Å²) in [5.41, 5.74) is 3.60. The first-order valence-corrected chi connectivity index (χ1v) is 12.1. The lowest BCUT2D eigenvalue weighted by atomic mass is 9.95. The minimum atomic E-state index is 0.0411. The highest BCUT2D eigenvalue weighted by atomic mass is 35.5. The van der Waals surface area contributed by atoms with Gasteiger partial charge in [-0.3, -0.25) is 9.48 Å². The van der Waals surface area contributed by atoms with Crippen LogP contribution in [-0.2, 0) is 17.8 Å². The number of amides is 1. The zero-order valence-corrected chi connectivity index (χ0v) is 19.8. The minimum absolute atomic E-state index is 0.0411. The molecule has 1 amide bonds. The van der Waals surface area contributed by atoms with Crippen LogP contribution in [0.3, 0.4) is 0 Å². The monoisotopic (exact) mass is 487 g/mol. The van der Waals surface area contributed by atoms with Crippen molar-refractivity contribution in [3.8, 4) is 11.3 Å². The van der Waals surface area contributed by atoms with Crippen molar-refractivity contribution in [3.63, 3.8) is 0 Å². The molecule has 2 aromatic carbocycles. The van der Waals surface area contributed by atoms with Gasteiger partial charge in [0.1, 0.15) is 0 Å². The second-order valence-corrected chi connectivity index (χ2v) is 10.2. The topological polar surface area (TPSA) is 46.9 Å². The third-order valence-electron chi connectivity index (χ3n) is 6.72. The van der Waals surface area contributed by atoms with Crippen molar-refractivity contribution in [2.45, 2.75) is 44.7 Å². The number of halogens is 3. The van der Waals surface area contributed by atoms with E-state index < -0.39 is 0 Å². The Morgan fingerprint density at radius 3 is 2.50 bits per heavy atom. The predicted molar refractivity (Wildman–Crippen MR) is 129 cm³/mol. The Bertz CT molecular complexity index is 1140. The normalized spacial score (nSPS) is 21.8. The van der Waals surface area contributed by atoms with E-state index in [0.717, 1.165) is 34.9 Å². The van der Waals surface area contributed by atoms with Crippen molar-refractivity contribution in [2.24, 2.45) is 11.8 Å². The molecule has 166 valence electrons. The molecule has 2 aliphatic rings. The first-order valence-electron chi connectivity index (χ1n) is 11.0. The van der Waals surface area contributed by atoms with Gasteiger partial charge in [0.2, 0.25) is 5.91 Å². The van der Waals surface area contributed by atoms with E-state index in [1.165, 1.54) is 19.3 Å². The van der Waals surface area contributed by atoms with Crippen molar-refractivity contribution in [1.29, 1.82) is 0 Å². The number of rotatable bonds is 6. The third kappa shape index (κ3) is 4.68. The summed E-state index contributed by atoms with van der Waals surface area (Å²) in [5.74, 6) is 1.49. The number of carbonyl (C=O) groups is 1. The van der Waals surface area contributed by atoms with Crippen molar-refractivity contribution < 1.29 is 4.79 Å². The Morgan fingerprint density at radius 1 is 1.00 bits per heavy atom. The first-order chi connectivity index (χ1) is 15.4. The fraction of sp³-hybridized carbons (Fsp3) is 0.360. The molecule has 3 aromatic rings. The summed E-state index contributed by atoms with van der Waals surface area (Å²) in [6.07, 6.45) is 5.21. The number of hydrogen-bond acceptors (Lipinski definition) is 2. The van der Waals surface area contributed by atoms with Crippen LogP contribution in [0.25, 0.3) is 11.3 Å². The van der Waals surface area contributed by atoms with Gasteiger partial charge in [-0.05, 0) is 67.0 Å². The largest absolute Gasteiger partial charge is 0.353 e. The summed E-state index contributed by atoms with van der Waals surface area (Å²) in [7, 11) is 0. The highest BCUT2D eigenvalue weighted by molar-refractivity contribution is 6.42. The highest BCUT2D eigenvalue weighted by Crippen LogP contribution is 2.44. The van der Waals surface area contributed by atoms with Crippen LogP contribution in [0.1, 0.15) is 36.9 Å². The highest BCUT2D eigenvalue weighted by Gasteiger charge is 2.40. The zero-order valence-electron chi connectivity index (χ0n) is 17.5. The summed E-state index contributed by atoms with van der Waals surface area (Å²) < 4.78 is 1.91. The summed E-state index contributed by atoms with van der Waals surface area (Å²) in [4.78, 5) is 12.8. The Labute approximate surface area is 202 Å². The Hall–Kier alpha value is -2.01. The van der Waals surface area contributed by atoms with Gasteiger partial charge >= 0.3 is 0 Å². The van der Waals surface area contributed by atoms with Gasteiger partial charge in [-0.15, -0.1) is 0 Å². The summed E-state index contributed by atoms with van der Waals surface area (Å²) in [6.45, 7) is 0.556. The quantitative estimate of drug-likeness (QED) is 0.436. The maximum absolute atomic E-state index is 12.8. The molecule has 32 heavy (non-hydrogen) atoms. The SMILES string of the molecule is O=C(Cc1cc(-c2ccc(Cl)c(Cl)c2)n(Cc2ccc(Cl)cc2)n1)NC1CC2CCC1C2. The van der Waals surface area contributed by atoms with Crippen molar-refractivity contribution in [1.82, 2.24) is 15.1 Å². The second kappa shape index (κ2) is 9.09. The van der Waals surface area contributed by atoms with Crippen molar-refractivity contribution in [2.75, 3.05) is 0 Å². The van der Waals surface area contributed by atoms with Gasteiger partial charge < -0.3 is 5.32 Å². The third-order valence-corrected chi connectivity index (χ3v) is 7.71. The Balaban J connectivity index is 1.38. The molecule has 0 radical (unpaired) electrons. The molecule has 1 aromatic heterocycles. The van der Waals surface area contributed by atoms with E-state index in [9.17, 15) is 4.79 Å². The molecule has 0 spiro atoms. The maximum atomic E-state index is 12.8. The lowest BCUT2D eigenvalue weighted by Gasteiger charge is -2.22. The molecular formula is C25H24Cl3N3O. The standard InChI is InChI=1S/C25H24Cl3N3O/c26-19-6-2-15(3-7-19)14-31-24(18-5-8-21(27)22(28)11-18)12-20(30-31)13-25(32)29-23-10-16-1-4-17(23)9-16/h2-3,5-8,11-12,16-17,23H,1,4,9-10,13-14H2,(H,29,32). The van der Waals surface area contributed by atoms with Crippen LogP contribution in [0.5, 0.6) is 0 Å². The number of aromatic nitrogens is 2. The summed E-state index contributed by atoms with van der Waals surface area (Å²) in [6, 6.07) is 15.5. The number of hydrogen-bond donors (Lipinski definition) is 1. The van der Waals surface area contributed by atoms with E-state index in [1.807, 2.05) is 47.1 Å². The van der Waals surface area contributed by atoms with Gasteiger partial charge in [0.05, 0.1) is 34.4 Å². The van der Waals surface area contributed by atoms with Crippen LogP contribution in [-0.4, -0.2) is 21.7 Å². The summed E-state index contributed by atoms with van der Waals surface area (Å²) >= 11 is 18.4. The lowest BCUT2D eigenvalue weighted by Crippen LogP contribution is -2.39. The van der Waals surface area contributed by atoms with Gasteiger partial charge in [-0.25, -0.2) is 0 Å². The van der Waals surface area contributed by atoms with Crippen LogP contribution in [0.2, 0.25) is 15.1 Å². The Kier molecular flexibility index (Phi) is 6.20. The maximum Gasteiger partial charge on any atom is 0.226 e. The van der Waals surface area contributed by atoms with Crippen molar-refractivity contribution in [3.05, 3.63) is 74.9 Å². The number of nitrogens with one attached hydrogen (secondary N) is 1. The fourth-order valence-corrected chi connectivity index (χ4v) is 5.60. The van der Waals surface area contributed by atoms with E-state index in [4.69, 9.17) is 39.9 Å². The number of fused-ring (bicyclic) bond motifs is 2. The molecule has 1 N–H and O–H groups in total. The van der Waals surface area contributed by atoms with E-state index in [0.29, 0.717) is 33.6 Å². The van der Waals surface area contributed by atoms with Crippen LogP contribution in [0, 0.1) is 11.8 Å². The Morgan fingerprint density at radius 2 is 1.81 bits per heavy atom. The fourth-order valence-electron chi connectivity index (χ4n) is 5.17. The smallest absolute Gasteiger partial charge is 0.226 e. The molecule has 1 heterocycles. The van der Waals surface area contributed by atoms with E-state index in [2.05, 4.69) is 5.32 Å². The first kappa shape index (κ1) is 21.8. The minimum Gasteiger partial charge on any atom is -0.353 e. The van der Waals surface area contributed by atoms with E-state index in [1.54, 1.807) is 6.07 Å². The summed E-state index contributed by atoms with van der Waals surface area (Å²) in [5, 5.41) is 9.71. The van der Waals surface area contributed by atoms with E-state index >= 15 is 0 Å². The lowest BCUT2D eigenvalue weighted by molar-refractivity contribution is -0.121. The van der Waals surface area contributed by atoms with Gasteiger partial charge in [0, 0.05) is 16.6 Å². The number of carbonyl (C=O) groups excluding carboxylic acids is 1. The average Bonchev–Trinajstić information content (AvgIpc) is 3.48. The van der Waals surface area contributed by atoms with Gasteiger partial charge in [-0.2, -0.15) is 5.10 Å². The molecule has 3 atom stereocenters. The number of benzene rings is 2. The van der Waals surface area contributed by atoms with Crippen LogP contribution in [0.15, 0.2) is 48.5 Å². The second-order valence-electron chi connectivity index (χ2n) is 8.96. The van der Waals surface area contributed by atoms with Crippen LogP contribution in [0.4, 0.5) is 0 Å². The molecule has 2 fully saturated rings. The molecule has 0 aliphatic heterocycles. The predicted octanol–water partition coefficient (Wildman–Crippen LogP) is 6.41. The molecule has 2 aliphatic carbocycles. The van der Waals surface area contributed by atoms with Crippen molar-refractivity contribution >= 4 is 40.7 Å². The molecule has 4 nitrogen and oxygen atoms in total. The van der Waals surface area contributed by atoms with E-state index in [-0.39, 0.29) is 12.3 Å². The average molecular weight is 489 g/mol. The molecule has 5 rings (SSSR count). The molecule has 7 heteroatoms.